The molecule has 1 saturated heterocycles. The molecule has 3 nitrogen and oxygen atoms in total. The maximum absolute atomic E-state index is 3.58. The van der Waals surface area contributed by atoms with Gasteiger partial charge in [0.25, 0.3) is 0 Å². The molecule has 0 aromatic rings. The number of hydrogen-bond donors (Lipinski definition) is 1. The van der Waals surface area contributed by atoms with Crippen molar-refractivity contribution in [3.63, 3.8) is 0 Å². The van der Waals surface area contributed by atoms with Crippen molar-refractivity contribution >= 4 is 0 Å². The molecule has 1 N–H and O–H groups in total. The van der Waals surface area contributed by atoms with Gasteiger partial charge in [0.2, 0.25) is 0 Å². The Morgan fingerprint density at radius 1 is 1.12 bits per heavy atom. The summed E-state index contributed by atoms with van der Waals surface area (Å²) < 4.78 is 0. The molecule has 0 unspecified atom stereocenters. The second-order valence-corrected chi connectivity index (χ2v) is 5.68. The van der Waals surface area contributed by atoms with Gasteiger partial charge in [-0.25, -0.2) is 0 Å². The van der Waals surface area contributed by atoms with Crippen LogP contribution in [0.25, 0.3) is 0 Å². The molecular formula is C13H27N3. The maximum atomic E-state index is 3.58. The summed E-state index contributed by atoms with van der Waals surface area (Å²) in [6.07, 6.45) is 5.60. The van der Waals surface area contributed by atoms with Crippen molar-refractivity contribution in [2.45, 2.75) is 31.7 Å². The molecular weight excluding hydrogens is 198 g/mol. The molecule has 0 aromatic heterocycles. The summed E-state index contributed by atoms with van der Waals surface area (Å²) in [4.78, 5) is 4.99. The topological polar surface area (TPSA) is 18.5 Å². The molecule has 2 aliphatic rings. The molecule has 1 aliphatic heterocycles. The predicted molar refractivity (Wildman–Crippen MR) is 68.7 cm³/mol. The standard InChI is InChI=1S/C13H27N3/c1-15(2)13-5-8-16(9-6-13)10-7-14-11-12-3-4-12/h12-14H,3-11H2,1-2H3. The van der Waals surface area contributed by atoms with E-state index in [0.29, 0.717) is 0 Å². The van der Waals surface area contributed by atoms with E-state index in [0.717, 1.165) is 12.0 Å². The summed E-state index contributed by atoms with van der Waals surface area (Å²) in [5.74, 6) is 1.01. The molecule has 0 radical (unpaired) electrons. The molecule has 2 fully saturated rings. The third-order valence-electron chi connectivity index (χ3n) is 4.02. The van der Waals surface area contributed by atoms with Gasteiger partial charge in [0.05, 0.1) is 0 Å². The highest BCUT2D eigenvalue weighted by molar-refractivity contribution is 4.78. The molecule has 1 heterocycles. The summed E-state index contributed by atoms with van der Waals surface area (Å²) in [5, 5.41) is 3.58. The Morgan fingerprint density at radius 2 is 1.81 bits per heavy atom. The van der Waals surface area contributed by atoms with Gasteiger partial charge in [-0.3, -0.25) is 0 Å². The number of nitrogens with zero attached hydrogens (tertiary/aromatic N) is 2. The van der Waals surface area contributed by atoms with Crippen molar-refractivity contribution < 1.29 is 0 Å². The zero-order valence-electron chi connectivity index (χ0n) is 10.9. The Balaban J connectivity index is 1.50. The molecule has 0 spiro atoms. The largest absolute Gasteiger partial charge is 0.315 e. The zero-order valence-corrected chi connectivity index (χ0v) is 10.9. The summed E-state index contributed by atoms with van der Waals surface area (Å²) in [5.41, 5.74) is 0. The van der Waals surface area contributed by atoms with Crippen molar-refractivity contribution in [1.82, 2.24) is 15.1 Å². The van der Waals surface area contributed by atoms with E-state index >= 15 is 0 Å². The molecule has 3 heteroatoms. The highest BCUT2D eigenvalue weighted by Crippen LogP contribution is 2.27. The minimum absolute atomic E-state index is 0.815. The monoisotopic (exact) mass is 225 g/mol. The van der Waals surface area contributed by atoms with E-state index in [1.165, 1.54) is 58.4 Å². The van der Waals surface area contributed by atoms with E-state index in [4.69, 9.17) is 0 Å². The summed E-state index contributed by atoms with van der Waals surface area (Å²) >= 11 is 0. The van der Waals surface area contributed by atoms with Crippen LogP contribution in [0, 0.1) is 5.92 Å². The average Bonchev–Trinajstić information content (AvgIpc) is 3.09. The number of rotatable bonds is 6. The fourth-order valence-corrected chi connectivity index (χ4v) is 2.52. The summed E-state index contributed by atoms with van der Waals surface area (Å²) in [7, 11) is 4.41. The lowest BCUT2D eigenvalue weighted by atomic mass is 10.0. The third-order valence-corrected chi connectivity index (χ3v) is 4.02. The smallest absolute Gasteiger partial charge is 0.0113 e. The molecule has 1 aliphatic carbocycles. The highest BCUT2D eigenvalue weighted by Gasteiger charge is 2.21. The first-order valence-corrected chi connectivity index (χ1v) is 6.85. The van der Waals surface area contributed by atoms with Crippen molar-refractivity contribution in [1.29, 1.82) is 0 Å². The minimum atomic E-state index is 0.815. The van der Waals surface area contributed by atoms with Gasteiger partial charge in [-0.15, -0.1) is 0 Å². The van der Waals surface area contributed by atoms with Crippen LogP contribution in [-0.2, 0) is 0 Å². The van der Waals surface area contributed by atoms with Crippen molar-refractivity contribution in [3.05, 3.63) is 0 Å². The molecule has 2 rings (SSSR count). The molecule has 1 saturated carbocycles. The van der Waals surface area contributed by atoms with E-state index in [1.807, 2.05) is 0 Å². The maximum Gasteiger partial charge on any atom is 0.0113 e. The van der Waals surface area contributed by atoms with Gasteiger partial charge in [-0.2, -0.15) is 0 Å². The second kappa shape index (κ2) is 5.99. The first-order chi connectivity index (χ1) is 7.75. The van der Waals surface area contributed by atoms with Crippen LogP contribution in [0.5, 0.6) is 0 Å². The van der Waals surface area contributed by atoms with E-state index < -0.39 is 0 Å². The van der Waals surface area contributed by atoms with Gasteiger partial charge in [0.1, 0.15) is 0 Å². The number of nitrogens with one attached hydrogen (secondary N) is 1. The fourth-order valence-electron chi connectivity index (χ4n) is 2.52. The summed E-state index contributed by atoms with van der Waals surface area (Å²) in [6, 6.07) is 0.815. The van der Waals surface area contributed by atoms with Crippen LogP contribution in [0.2, 0.25) is 0 Å². The fraction of sp³-hybridized carbons (Fsp3) is 1.00. The van der Waals surface area contributed by atoms with E-state index in [2.05, 4.69) is 29.2 Å². The average molecular weight is 225 g/mol. The van der Waals surface area contributed by atoms with Crippen LogP contribution in [0.15, 0.2) is 0 Å². The quantitative estimate of drug-likeness (QED) is 0.681. The van der Waals surface area contributed by atoms with Crippen molar-refractivity contribution in [2.24, 2.45) is 5.92 Å². The van der Waals surface area contributed by atoms with Crippen molar-refractivity contribution in [2.75, 3.05) is 46.8 Å². The molecule has 0 bridgehead atoms. The number of hydrogen-bond acceptors (Lipinski definition) is 3. The Hall–Kier alpha value is -0.120. The van der Waals surface area contributed by atoms with Crippen LogP contribution in [0.3, 0.4) is 0 Å². The second-order valence-electron chi connectivity index (χ2n) is 5.68. The van der Waals surface area contributed by atoms with E-state index in [-0.39, 0.29) is 0 Å². The zero-order chi connectivity index (χ0) is 11.4. The third kappa shape index (κ3) is 4.04. The lowest BCUT2D eigenvalue weighted by molar-refractivity contribution is 0.145. The Morgan fingerprint density at radius 3 is 2.38 bits per heavy atom. The van der Waals surface area contributed by atoms with Crippen LogP contribution in [-0.4, -0.2) is 62.7 Å². The molecule has 16 heavy (non-hydrogen) atoms. The number of piperidine rings is 1. The highest BCUT2D eigenvalue weighted by atomic mass is 15.2. The van der Waals surface area contributed by atoms with E-state index in [9.17, 15) is 0 Å². The first-order valence-electron chi connectivity index (χ1n) is 6.85. The molecule has 0 aromatic carbocycles. The van der Waals surface area contributed by atoms with Crippen LogP contribution >= 0.6 is 0 Å². The molecule has 94 valence electrons. The van der Waals surface area contributed by atoms with Gasteiger partial charge in [0, 0.05) is 19.1 Å². The number of likely N-dealkylation sites (tertiary alicyclic amines) is 1. The normalized spacial score (nSPS) is 24.2. The van der Waals surface area contributed by atoms with Gasteiger partial charge < -0.3 is 15.1 Å². The Kier molecular flexibility index (Phi) is 4.62. The Labute approximate surface area is 100 Å². The van der Waals surface area contributed by atoms with Gasteiger partial charge in [-0.05, 0) is 65.3 Å². The summed E-state index contributed by atoms with van der Waals surface area (Å²) in [6.45, 7) is 6.26. The van der Waals surface area contributed by atoms with Gasteiger partial charge in [-0.1, -0.05) is 0 Å². The van der Waals surface area contributed by atoms with E-state index in [1.54, 1.807) is 0 Å². The lowest BCUT2D eigenvalue weighted by Gasteiger charge is -2.35. The van der Waals surface area contributed by atoms with Gasteiger partial charge >= 0.3 is 0 Å². The Bertz CT molecular complexity index is 193. The first kappa shape index (κ1) is 12.3. The predicted octanol–water partition coefficient (Wildman–Crippen LogP) is 1.01. The van der Waals surface area contributed by atoms with Crippen molar-refractivity contribution in [3.8, 4) is 0 Å². The minimum Gasteiger partial charge on any atom is -0.315 e. The van der Waals surface area contributed by atoms with Crippen LogP contribution in [0.1, 0.15) is 25.7 Å². The lowest BCUT2D eigenvalue weighted by Crippen LogP contribution is -2.44. The SMILES string of the molecule is CN(C)C1CCN(CCNCC2CC2)CC1. The van der Waals surface area contributed by atoms with Crippen LogP contribution < -0.4 is 5.32 Å². The van der Waals surface area contributed by atoms with Gasteiger partial charge in [0.15, 0.2) is 0 Å². The molecule has 0 amide bonds. The molecule has 0 atom stereocenters. The van der Waals surface area contributed by atoms with Crippen LogP contribution in [0.4, 0.5) is 0 Å².